The highest BCUT2D eigenvalue weighted by Crippen LogP contribution is 2.43. The predicted molar refractivity (Wildman–Crippen MR) is 91.7 cm³/mol. The molecule has 3 heterocycles. The van der Waals surface area contributed by atoms with Crippen LogP contribution in [-0.2, 0) is 14.2 Å². The van der Waals surface area contributed by atoms with Crippen LogP contribution in [-0.4, -0.2) is 36.3 Å². The van der Waals surface area contributed by atoms with Crippen molar-refractivity contribution in [3.63, 3.8) is 0 Å². The molecule has 0 saturated carbocycles. The molecule has 4 unspecified atom stereocenters. The molecule has 0 aromatic heterocycles. The number of rotatable bonds is 3. The van der Waals surface area contributed by atoms with Gasteiger partial charge in [0.25, 0.3) is 0 Å². The highest BCUT2D eigenvalue weighted by Gasteiger charge is 2.58. The van der Waals surface area contributed by atoms with E-state index in [1.807, 2.05) is 36.4 Å². The van der Waals surface area contributed by atoms with Gasteiger partial charge in [0.15, 0.2) is 6.29 Å². The van der Waals surface area contributed by atoms with Crippen molar-refractivity contribution in [3.8, 4) is 0 Å². The van der Waals surface area contributed by atoms with E-state index in [-0.39, 0.29) is 23.9 Å². The first-order valence-electron chi connectivity index (χ1n) is 8.34. The number of hydrogen-bond acceptors (Lipinski definition) is 5. The highest BCUT2D eigenvalue weighted by molar-refractivity contribution is 7.99. The molecule has 0 radical (unpaired) electrons. The minimum Gasteiger partial charge on any atom is -0.357 e. The van der Waals surface area contributed by atoms with Crippen LogP contribution in [0.25, 0.3) is 0 Å². The first kappa shape index (κ1) is 14.9. The van der Waals surface area contributed by atoms with Crippen LogP contribution in [0.5, 0.6) is 0 Å². The minimum absolute atomic E-state index is 0.0116. The van der Waals surface area contributed by atoms with Crippen molar-refractivity contribution in [2.24, 2.45) is 0 Å². The molecule has 4 nitrogen and oxygen atoms in total. The molecule has 124 valence electrons. The first-order valence-corrected chi connectivity index (χ1v) is 9.22. The van der Waals surface area contributed by atoms with Gasteiger partial charge in [-0.25, -0.2) is 0 Å². The van der Waals surface area contributed by atoms with E-state index in [2.05, 4.69) is 29.6 Å². The Morgan fingerprint density at radius 3 is 2.42 bits per heavy atom. The Balaban J connectivity index is 1.28. The van der Waals surface area contributed by atoms with Crippen LogP contribution in [0.15, 0.2) is 65.6 Å². The number of ether oxygens (including phenoxy) is 3. The lowest BCUT2D eigenvalue weighted by Gasteiger charge is -2.40. The van der Waals surface area contributed by atoms with Gasteiger partial charge in [-0.3, -0.25) is 0 Å². The van der Waals surface area contributed by atoms with E-state index in [0.29, 0.717) is 18.7 Å². The molecule has 0 aliphatic carbocycles. The summed E-state index contributed by atoms with van der Waals surface area (Å²) >= 11 is 1.77. The van der Waals surface area contributed by atoms with Gasteiger partial charge in [0.05, 0.1) is 18.7 Å². The lowest BCUT2D eigenvalue weighted by Crippen LogP contribution is -2.51. The quantitative estimate of drug-likeness (QED) is 0.870. The van der Waals surface area contributed by atoms with E-state index >= 15 is 0 Å². The summed E-state index contributed by atoms with van der Waals surface area (Å²) in [6.07, 6.45) is -0.249. The van der Waals surface area contributed by atoms with Crippen molar-refractivity contribution < 1.29 is 14.2 Å². The number of nitrogens with one attached hydrogen (secondary N) is 1. The summed E-state index contributed by atoms with van der Waals surface area (Å²) in [4.78, 5) is 1.23. The van der Waals surface area contributed by atoms with Crippen molar-refractivity contribution >= 4 is 11.8 Å². The fourth-order valence-electron chi connectivity index (χ4n) is 3.47. The van der Waals surface area contributed by atoms with Gasteiger partial charge in [-0.1, -0.05) is 60.3 Å². The van der Waals surface area contributed by atoms with E-state index in [1.54, 1.807) is 11.8 Å². The predicted octanol–water partition coefficient (Wildman–Crippen LogP) is 2.96. The third-order valence-electron chi connectivity index (χ3n) is 4.74. The van der Waals surface area contributed by atoms with Gasteiger partial charge in [-0.2, -0.15) is 0 Å². The molecule has 5 heteroatoms. The fraction of sp³-hybridized carbons (Fsp3) is 0.368. The second kappa shape index (κ2) is 6.17. The molecule has 0 bridgehead atoms. The van der Waals surface area contributed by atoms with Crippen LogP contribution >= 0.6 is 11.8 Å². The van der Waals surface area contributed by atoms with Gasteiger partial charge >= 0.3 is 0 Å². The van der Waals surface area contributed by atoms with Crippen LogP contribution in [0.2, 0.25) is 0 Å². The monoisotopic (exact) mass is 341 g/mol. The van der Waals surface area contributed by atoms with Gasteiger partial charge in [0.2, 0.25) is 0 Å². The Hall–Kier alpha value is -1.37. The summed E-state index contributed by atoms with van der Waals surface area (Å²) in [5, 5.41) is 3.55. The summed E-state index contributed by atoms with van der Waals surface area (Å²) in [5.41, 5.74) is 1.17. The molecule has 2 aromatic carbocycles. The lowest BCUT2D eigenvalue weighted by atomic mass is 10.0. The topological polar surface area (TPSA) is 49.6 Å². The van der Waals surface area contributed by atoms with E-state index in [1.165, 1.54) is 4.90 Å². The molecule has 2 aromatic rings. The lowest BCUT2D eigenvalue weighted by molar-refractivity contribution is -0.274. The smallest absolute Gasteiger partial charge is 0.184 e. The largest absolute Gasteiger partial charge is 0.357 e. The standard InChI is InChI=1S/C19H19NO3S/c1-3-7-12(8-4-1)18-21-11-14-17(23-18)15-16(20-15)19(22-14)24-13-9-5-2-6-10-13/h1-10,14-20H,11H2/t14?,15-,16?,17?,18?,19-/m0/s1. The van der Waals surface area contributed by atoms with Crippen molar-refractivity contribution in [3.05, 3.63) is 66.2 Å². The van der Waals surface area contributed by atoms with Crippen LogP contribution in [0.3, 0.4) is 0 Å². The zero-order valence-corrected chi connectivity index (χ0v) is 13.9. The van der Waals surface area contributed by atoms with Gasteiger partial charge in [0, 0.05) is 10.5 Å². The SMILES string of the molecule is c1ccc(S[C@@H]2OC3COC(c4ccccc4)OC3[C@H]3NC32)cc1. The van der Waals surface area contributed by atoms with E-state index < -0.39 is 0 Å². The normalized spacial score (nSPS) is 37.3. The van der Waals surface area contributed by atoms with Crippen LogP contribution in [0.4, 0.5) is 0 Å². The summed E-state index contributed by atoms with van der Waals surface area (Å²) in [5.74, 6) is 0. The first-order chi connectivity index (χ1) is 11.9. The number of fused-ring (bicyclic) bond motifs is 3. The molecule has 3 saturated heterocycles. The van der Waals surface area contributed by atoms with Gasteiger partial charge < -0.3 is 19.5 Å². The molecule has 5 rings (SSSR count). The van der Waals surface area contributed by atoms with Gasteiger partial charge in [-0.05, 0) is 12.1 Å². The Morgan fingerprint density at radius 2 is 1.62 bits per heavy atom. The molecular formula is C19H19NO3S. The highest BCUT2D eigenvalue weighted by atomic mass is 32.2. The van der Waals surface area contributed by atoms with Crippen molar-refractivity contribution in [1.29, 1.82) is 0 Å². The average molecular weight is 341 g/mol. The second-order valence-corrected chi connectivity index (χ2v) is 7.54. The number of hydrogen-bond donors (Lipinski definition) is 1. The Labute approximate surface area is 145 Å². The number of thioether (sulfide) groups is 1. The Morgan fingerprint density at radius 1 is 0.875 bits per heavy atom. The zero-order valence-electron chi connectivity index (χ0n) is 13.1. The Kier molecular flexibility index (Phi) is 3.84. The molecule has 3 aliphatic heterocycles. The third kappa shape index (κ3) is 2.76. The molecule has 6 atom stereocenters. The zero-order chi connectivity index (χ0) is 15.9. The molecule has 0 amide bonds. The Bertz CT molecular complexity index is 698. The maximum atomic E-state index is 6.28. The average Bonchev–Trinajstić information content (AvgIpc) is 3.45. The van der Waals surface area contributed by atoms with E-state index in [0.717, 1.165) is 5.56 Å². The molecule has 1 N–H and O–H groups in total. The third-order valence-corrected chi connectivity index (χ3v) is 5.93. The summed E-state index contributed by atoms with van der Waals surface area (Å²) in [6, 6.07) is 21.2. The molecule has 24 heavy (non-hydrogen) atoms. The van der Waals surface area contributed by atoms with E-state index in [4.69, 9.17) is 14.2 Å². The molecular weight excluding hydrogens is 322 g/mol. The fourth-order valence-corrected chi connectivity index (χ4v) is 4.64. The molecule has 0 spiro atoms. The van der Waals surface area contributed by atoms with Crippen molar-refractivity contribution in [2.45, 2.75) is 40.9 Å². The van der Waals surface area contributed by atoms with Crippen molar-refractivity contribution in [2.75, 3.05) is 6.61 Å². The maximum absolute atomic E-state index is 6.28. The van der Waals surface area contributed by atoms with Gasteiger partial charge in [-0.15, -0.1) is 0 Å². The van der Waals surface area contributed by atoms with Crippen LogP contribution in [0.1, 0.15) is 11.9 Å². The van der Waals surface area contributed by atoms with Crippen LogP contribution in [0, 0.1) is 0 Å². The maximum Gasteiger partial charge on any atom is 0.184 e. The summed E-state index contributed by atoms with van der Waals surface area (Å²) < 4.78 is 18.4. The van der Waals surface area contributed by atoms with E-state index in [9.17, 15) is 0 Å². The number of benzene rings is 2. The minimum atomic E-state index is -0.294. The molecule has 3 fully saturated rings. The summed E-state index contributed by atoms with van der Waals surface area (Å²) in [6.45, 7) is 0.570. The van der Waals surface area contributed by atoms with Crippen LogP contribution < -0.4 is 5.32 Å². The second-order valence-electron chi connectivity index (χ2n) is 6.37. The summed E-state index contributed by atoms with van der Waals surface area (Å²) in [7, 11) is 0. The van der Waals surface area contributed by atoms with Gasteiger partial charge in [0.1, 0.15) is 17.6 Å². The van der Waals surface area contributed by atoms with Crippen molar-refractivity contribution in [1.82, 2.24) is 5.32 Å². The molecule has 3 aliphatic rings.